The van der Waals surface area contributed by atoms with Crippen molar-refractivity contribution in [1.29, 1.82) is 0 Å². The number of nitrogens with one attached hydrogen (secondary N) is 1. The summed E-state index contributed by atoms with van der Waals surface area (Å²) in [4.78, 5) is 16.8. The highest BCUT2D eigenvalue weighted by molar-refractivity contribution is 7.13. The minimum absolute atomic E-state index is 0.120. The van der Waals surface area contributed by atoms with Crippen molar-refractivity contribution < 1.29 is 13.9 Å². The van der Waals surface area contributed by atoms with E-state index >= 15 is 0 Å². The topological polar surface area (TPSA) is 51.2 Å². The van der Waals surface area contributed by atoms with Crippen LogP contribution in [0, 0.1) is 5.82 Å². The van der Waals surface area contributed by atoms with Gasteiger partial charge in [0.05, 0.1) is 5.69 Å². The zero-order valence-corrected chi connectivity index (χ0v) is 17.2. The summed E-state index contributed by atoms with van der Waals surface area (Å²) in [5.41, 5.74) is 2.19. The minimum atomic E-state index is -0.494. The Morgan fingerprint density at radius 3 is 2.67 bits per heavy atom. The Hall–Kier alpha value is -3.22. The quantitative estimate of drug-likeness (QED) is 0.377. The molecule has 4 rings (SSSR count). The number of amides is 1. The lowest BCUT2D eigenvalue weighted by Crippen LogP contribution is -2.13. The normalized spacial score (nSPS) is 10.6. The van der Waals surface area contributed by atoms with E-state index in [2.05, 4.69) is 10.3 Å². The molecule has 0 saturated heterocycles. The molecule has 150 valence electrons. The number of halogens is 2. The molecule has 1 heterocycles. The maximum Gasteiger partial charge on any atom is 0.275 e. The number of hydrogen-bond acceptors (Lipinski definition) is 4. The van der Waals surface area contributed by atoms with Crippen molar-refractivity contribution in [3.05, 3.63) is 100 Å². The molecular weight excluding hydrogens is 423 g/mol. The summed E-state index contributed by atoms with van der Waals surface area (Å²) in [6.07, 6.45) is 0. The zero-order chi connectivity index (χ0) is 20.9. The molecule has 3 aromatic carbocycles. The first-order chi connectivity index (χ1) is 14.6. The lowest BCUT2D eigenvalue weighted by molar-refractivity contribution is 0.102. The van der Waals surface area contributed by atoms with E-state index in [1.165, 1.54) is 23.5 Å². The number of benzene rings is 3. The number of nitrogens with zero attached hydrogens (tertiary/aromatic N) is 1. The Labute approximate surface area is 181 Å². The van der Waals surface area contributed by atoms with Gasteiger partial charge in [0, 0.05) is 16.0 Å². The molecule has 1 N–H and O–H groups in total. The maximum absolute atomic E-state index is 13.7. The van der Waals surface area contributed by atoms with Gasteiger partial charge in [-0.05, 0) is 42.0 Å². The monoisotopic (exact) mass is 438 g/mol. The third-order valence-corrected chi connectivity index (χ3v) is 5.40. The highest BCUT2D eigenvalue weighted by Crippen LogP contribution is 2.28. The van der Waals surface area contributed by atoms with E-state index in [0.29, 0.717) is 22.4 Å². The Balaban J connectivity index is 1.45. The van der Waals surface area contributed by atoms with Gasteiger partial charge in [0.15, 0.2) is 0 Å². The van der Waals surface area contributed by atoms with Crippen molar-refractivity contribution in [3.8, 4) is 16.3 Å². The first kappa shape index (κ1) is 20.1. The summed E-state index contributed by atoms with van der Waals surface area (Å²) >= 11 is 7.24. The fourth-order valence-corrected chi connectivity index (χ4v) is 3.65. The number of hydrogen-bond donors (Lipinski definition) is 1. The second kappa shape index (κ2) is 9.07. The second-order valence-electron chi connectivity index (χ2n) is 6.41. The van der Waals surface area contributed by atoms with Crippen molar-refractivity contribution in [2.24, 2.45) is 0 Å². The van der Waals surface area contributed by atoms with Gasteiger partial charge in [0.2, 0.25) is 0 Å². The van der Waals surface area contributed by atoms with Gasteiger partial charge >= 0.3 is 0 Å². The average molecular weight is 439 g/mol. The fraction of sp³-hybridized carbons (Fsp3) is 0.0435. The fourth-order valence-electron chi connectivity index (χ4n) is 2.73. The van der Waals surface area contributed by atoms with Gasteiger partial charge < -0.3 is 10.1 Å². The van der Waals surface area contributed by atoms with Crippen LogP contribution >= 0.6 is 22.9 Å². The van der Waals surface area contributed by atoms with Crippen molar-refractivity contribution in [1.82, 2.24) is 4.98 Å². The molecule has 30 heavy (non-hydrogen) atoms. The summed E-state index contributed by atoms with van der Waals surface area (Å²) < 4.78 is 19.6. The number of ether oxygens (including phenoxy) is 1. The van der Waals surface area contributed by atoms with Crippen molar-refractivity contribution in [2.45, 2.75) is 6.61 Å². The van der Waals surface area contributed by atoms with Crippen LogP contribution in [0.2, 0.25) is 5.02 Å². The summed E-state index contributed by atoms with van der Waals surface area (Å²) in [5, 5.41) is 5.54. The SMILES string of the molecule is O=C(Nc1ccccc1F)c1csc(-c2cccc(OCc3ccc(Cl)cc3)c2)n1. The predicted octanol–water partition coefficient (Wildman–Crippen LogP) is 6.43. The number of carbonyl (C=O) groups is 1. The number of anilines is 1. The molecule has 1 amide bonds. The number of rotatable bonds is 6. The van der Waals surface area contributed by atoms with Crippen LogP contribution in [0.4, 0.5) is 10.1 Å². The molecule has 0 atom stereocenters. The highest BCUT2D eigenvalue weighted by atomic mass is 35.5. The van der Waals surface area contributed by atoms with Gasteiger partial charge in [0.1, 0.15) is 28.9 Å². The molecule has 0 fully saturated rings. The van der Waals surface area contributed by atoms with Crippen molar-refractivity contribution >= 4 is 34.5 Å². The van der Waals surface area contributed by atoms with E-state index in [9.17, 15) is 9.18 Å². The molecule has 7 heteroatoms. The van der Waals surface area contributed by atoms with E-state index in [0.717, 1.165) is 11.1 Å². The Morgan fingerprint density at radius 1 is 1.07 bits per heavy atom. The molecule has 0 bridgehead atoms. The van der Waals surface area contributed by atoms with Crippen molar-refractivity contribution in [3.63, 3.8) is 0 Å². The first-order valence-electron chi connectivity index (χ1n) is 9.07. The predicted molar refractivity (Wildman–Crippen MR) is 118 cm³/mol. The summed E-state index contributed by atoms with van der Waals surface area (Å²) in [6.45, 7) is 0.411. The molecule has 0 radical (unpaired) electrons. The van der Waals surface area contributed by atoms with E-state index in [4.69, 9.17) is 16.3 Å². The van der Waals surface area contributed by atoms with Crippen LogP contribution in [-0.2, 0) is 6.61 Å². The molecule has 0 aliphatic carbocycles. The van der Waals surface area contributed by atoms with E-state index < -0.39 is 11.7 Å². The van der Waals surface area contributed by atoms with Crippen LogP contribution < -0.4 is 10.1 Å². The number of carbonyl (C=O) groups excluding carboxylic acids is 1. The average Bonchev–Trinajstić information content (AvgIpc) is 3.26. The third-order valence-electron chi connectivity index (χ3n) is 4.26. The van der Waals surface area contributed by atoms with Crippen LogP contribution in [0.3, 0.4) is 0 Å². The summed E-state index contributed by atoms with van der Waals surface area (Å²) in [5.74, 6) is -0.264. The molecule has 4 aromatic rings. The lowest BCUT2D eigenvalue weighted by atomic mass is 10.2. The summed E-state index contributed by atoms with van der Waals surface area (Å²) in [7, 11) is 0. The molecule has 0 aliphatic heterocycles. The minimum Gasteiger partial charge on any atom is -0.489 e. The van der Waals surface area contributed by atoms with E-state index in [-0.39, 0.29) is 11.4 Å². The molecule has 0 unspecified atom stereocenters. The van der Waals surface area contributed by atoms with Gasteiger partial charge in [-0.1, -0.05) is 48.0 Å². The third kappa shape index (κ3) is 4.84. The standard InChI is InChI=1S/C23H16ClFN2O2S/c24-17-10-8-15(9-11-17)13-29-18-5-3-4-16(12-18)23-27-21(14-30-23)22(28)26-20-7-2-1-6-19(20)25/h1-12,14H,13H2,(H,26,28). The van der Waals surface area contributed by atoms with Gasteiger partial charge in [-0.3, -0.25) is 4.79 Å². The lowest BCUT2D eigenvalue weighted by Gasteiger charge is -2.07. The summed E-state index contributed by atoms with van der Waals surface area (Å²) in [6, 6.07) is 21.0. The van der Waals surface area contributed by atoms with Crippen LogP contribution in [0.1, 0.15) is 16.1 Å². The Morgan fingerprint density at radius 2 is 1.87 bits per heavy atom. The Kier molecular flexibility index (Phi) is 6.07. The molecule has 1 aromatic heterocycles. The molecule has 4 nitrogen and oxygen atoms in total. The number of thiazole rings is 1. The van der Waals surface area contributed by atoms with Crippen LogP contribution in [0.25, 0.3) is 10.6 Å². The van der Waals surface area contributed by atoms with E-state index in [1.54, 1.807) is 17.5 Å². The number of aromatic nitrogens is 1. The van der Waals surface area contributed by atoms with Gasteiger partial charge in [-0.2, -0.15) is 0 Å². The smallest absolute Gasteiger partial charge is 0.275 e. The van der Waals surface area contributed by atoms with Crippen LogP contribution in [0.15, 0.2) is 78.2 Å². The van der Waals surface area contributed by atoms with Crippen LogP contribution in [0.5, 0.6) is 5.75 Å². The molecule has 0 spiro atoms. The zero-order valence-electron chi connectivity index (χ0n) is 15.6. The Bertz CT molecular complexity index is 1180. The van der Waals surface area contributed by atoms with Crippen LogP contribution in [-0.4, -0.2) is 10.9 Å². The second-order valence-corrected chi connectivity index (χ2v) is 7.71. The van der Waals surface area contributed by atoms with Gasteiger partial charge in [0.25, 0.3) is 5.91 Å². The highest BCUT2D eigenvalue weighted by Gasteiger charge is 2.14. The van der Waals surface area contributed by atoms with Gasteiger partial charge in [-0.25, -0.2) is 9.37 Å². The van der Waals surface area contributed by atoms with Gasteiger partial charge in [-0.15, -0.1) is 11.3 Å². The molecule has 0 aliphatic rings. The molecule has 0 saturated carbocycles. The van der Waals surface area contributed by atoms with E-state index in [1.807, 2.05) is 48.5 Å². The maximum atomic E-state index is 13.7. The largest absolute Gasteiger partial charge is 0.489 e. The van der Waals surface area contributed by atoms with Crippen molar-refractivity contribution in [2.75, 3.05) is 5.32 Å². The number of para-hydroxylation sites is 1. The first-order valence-corrected chi connectivity index (χ1v) is 10.3. The molecular formula is C23H16ClFN2O2S.